The van der Waals surface area contributed by atoms with Gasteiger partial charge >= 0.3 is 0 Å². The Labute approximate surface area is 145 Å². The van der Waals surface area contributed by atoms with E-state index in [2.05, 4.69) is 63.8 Å². The molecule has 0 radical (unpaired) electrons. The summed E-state index contributed by atoms with van der Waals surface area (Å²) < 4.78 is 2.26. The topological polar surface area (TPSA) is 37.8 Å². The molecule has 0 aliphatic carbocycles. The van der Waals surface area contributed by atoms with E-state index in [9.17, 15) is 0 Å². The Morgan fingerprint density at radius 1 is 1.25 bits per heavy atom. The zero-order valence-electron chi connectivity index (χ0n) is 11.5. The van der Waals surface area contributed by atoms with Crippen molar-refractivity contribution in [3.8, 4) is 10.7 Å². The fourth-order valence-corrected chi connectivity index (χ4v) is 3.82. The van der Waals surface area contributed by atoms with Crippen LogP contribution in [0, 0.1) is 3.57 Å². The predicted molar refractivity (Wildman–Crippen MR) is 98.5 cm³/mol. The number of nitrogens with zero attached hydrogens (tertiary/aromatic N) is 2. The van der Waals surface area contributed by atoms with Crippen molar-refractivity contribution in [1.82, 2.24) is 9.97 Å². The van der Waals surface area contributed by atoms with Crippen LogP contribution < -0.4 is 5.32 Å². The molecule has 2 aromatic heterocycles. The van der Waals surface area contributed by atoms with Crippen molar-refractivity contribution in [3.05, 3.63) is 25.2 Å². The number of nitrogens with one attached hydrogen (secondary N) is 1. The summed E-state index contributed by atoms with van der Waals surface area (Å²) in [6.45, 7) is 5.27. The summed E-state index contributed by atoms with van der Waals surface area (Å²) in [7, 11) is 0. The summed E-state index contributed by atoms with van der Waals surface area (Å²) in [6.07, 6.45) is 3.16. The maximum atomic E-state index is 4.75. The summed E-state index contributed by atoms with van der Waals surface area (Å²) in [6, 6.07) is 4.11. The number of hydrogen-bond acceptors (Lipinski definition) is 4. The maximum Gasteiger partial charge on any atom is 0.171 e. The van der Waals surface area contributed by atoms with Crippen LogP contribution in [0.1, 0.15) is 32.4 Å². The number of anilines is 1. The lowest BCUT2D eigenvalue weighted by Crippen LogP contribution is -2.09. The summed E-state index contributed by atoms with van der Waals surface area (Å²) in [5, 5.41) is 3.41. The van der Waals surface area contributed by atoms with Crippen molar-refractivity contribution >= 4 is 55.7 Å². The average Bonchev–Trinajstić information content (AvgIpc) is 2.86. The van der Waals surface area contributed by atoms with E-state index in [1.54, 1.807) is 11.3 Å². The highest BCUT2D eigenvalue weighted by Crippen LogP contribution is 2.31. The number of thiophene rings is 1. The molecule has 0 aliphatic heterocycles. The minimum atomic E-state index is 0.822. The number of hydrogen-bond donors (Lipinski definition) is 1. The minimum absolute atomic E-state index is 0.822. The van der Waals surface area contributed by atoms with Gasteiger partial charge in [0.25, 0.3) is 0 Å². The molecule has 6 heteroatoms. The molecule has 0 saturated carbocycles. The molecular formula is C14H17BrIN3S. The summed E-state index contributed by atoms with van der Waals surface area (Å²) in [5.41, 5.74) is 1.14. The van der Waals surface area contributed by atoms with Gasteiger partial charge in [0.05, 0.1) is 17.9 Å². The van der Waals surface area contributed by atoms with E-state index in [-0.39, 0.29) is 0 Å². The van der Waals surface area contributed by atoms with E-state index in [1.165, 1.54) is 0 Å². The van der Waals surface area contributed by atoms with Crippen LogP contribution in [0.5, 0.6) is 0 Å². The third-order valence-corrected chi connectivity index (χ3v) is 5.50. The summed E-state index contributed by atoms with van der Waals surface area (Å²) in [4.78, 5) is 10.5. The second-order valence-corrected chi connectivity index (χ2v) is 7.98. The standard InChI is InChI=1S/C14H17BrIN3S/c1-3-5-9-12(16)14(17-8-4-2)19-13(18-9)10-6-7-11(15)20-10/h6-7H,3-5,8H2,1-2H3,(H,17,18,19). The van der Waals surface area contributed by atoms with Gasteiger partial charge in [-0.2, -0.15) is 0 Å². The molecule has 20 heavy (non-hydrogen) atoms. The van der Waals surface area contributed by atoms with Crippen molar-refractivity contribution in [2.45, 2.75) is 33.1 Å². The molecule has 0 aromatic carbocycles. The predicted octanol–water partition coefficient (Wildman–Crippen LogP) is 5.35. The molecule has 0 fully saturated rings. The Morgan fingerprint density at radius 3 is 2.65 bits per heavy atom. The van der Waals surface area contributed by atoms with E-state index < -0.39 is 0 Å². The molecule has 0 spiro atoms. The van der Waals surface area contributed by atoms with Crippen LogP contribution in [-0.4, -0.2) is 16.5 Å². The summed E-state index contributed by atoms with van der Waals surface area (Å²) >= 11 is 7.52. The second kappa shape index (κ2) is 7.70. The minimum Gasteiger partial charge on any atom is -0.369 e. The first-order valence-electron chi connectivity index (χ1n) is 6.71. The molecule has 2 aromatic rings. The van der Waals surface area contributed by atoms with E-state index in [1.807, 2.05) is 6.07 Å². The third kappa shape index (κ3) is 3.92. The number of rotatable bonds is 6. The van der Waals surface area contributed by atoms with Crippen LogP contribution in [0.2, 0.25) is 0 Å². The lowest BCUT2D eigenvalue weighted by atomic mass is 10.2. The summed E-state index contributed by atoms with van der Waals surface area (Å²) in [5.74, 6) is 1.79. The van der Waals surface area contributed by atoms with E-state index >= 15 is 0 Å². The number of aryl methyl sites for hydroxylation is 1. The average molecular weight is 466 g/mol. The monoisotopic (exact) mass is 465 g/mol. The highest BCUT2D eigenvalue weighted by atomic mass is 127. The van der Waals surface area contributed by atoms with Crippen molar-refractivity contribution in [2.75, 3.05) is 11.9 Å². The van der Waals surface area contributed by atoms with Crippen LogP contribution in [-0.2, 0) is 6.42 Å². The molecule has 0 unspecified atom stereocenters. The smallest absolute Gasteiger partial charge is 0.171 e. The first-order valence-corrected chi connectivity index (χ1v) is 9.40. The zero-order valence-corrected chi connectivity index (χ0v) is 16.1. The second-order valence-electron chi connectivity index (χ2n) is 4.44. The van der Waals surface area contributed by atoms with Crippen molar-refractivity contribution in [3.63, 3.8) is 0 Å². The van der Waals surface area contributed by atoms with Gasteiger partial charge in [-0.25, -0.2) is 9.97 Å². The molecule has 2 heterocycles. The van der Waals surface area contributed by atoms with Gasteiger partial charge in [-0.3, -0.25) is 0 Å². The van der Waals surface area contributed by atoms with Gasteiger partial charge in [0.2, 0.25) is 0 Å². The largest absolute Gasteiger partial charge is 0.369 e. The molecule has 2 rings (SSSR count). The zero-order chi connectivity index (χ0) is 14.5. The van der Waals surface area contributed by atoms with E-state index in [0.29, 0.717) is 0 Å². The van der Waals surface area contributed by atoms with Gasteiger partial charge in [-0.05, 0) is 63.5 Å². The van der Waals surface area contributed by atoms with Crippen LogP contribution in [0.25, 0.3) is 10.7 Å². The Kier molecular flexibility index (Phi) is 6.22. The first-order chi connectivity index (χ1) is 9.65. The molecule has 0 bridgehead atoms. The van der Waals surface area contributed by atoms with Crippen molar-refractivity contribution < 1.29 is 0 Å². The highest BCUT2D eigenvalue weighted by molar-refractivity contribution is 14.1. The van der Waals surface area contributed by atoms with Crippen LogP contribution in [0.3, 0.4) is 0 Å². The molecule has 0 aliphatic rings. The van der Waals surface area contributed by atoms with E-state index in [4.69, 9.17) is 9.97 Å². The van der Waals surface area contributed by atoms with Gasteiger partial charge in [0.1, 0.15) is 5.82 Å². The lowest BCUT2D eigenvalue weighted by molar-refractivity contribution is 0.864. The number of aromatic nitrogens is 2. The molecule has 0 saturated heterocycles. The van der Waals surface area contributed by atoms with Crippen molar-refractivity contribution in [2.24, 2.45) is 0 Å². The molecule has 3 nitrogen and oxygen atoms in total. The molecule has 0 amide bonds. The highest BCUT2D eigenvalue weighted by Gasteiger charge is 2.13. The Balaban J connectivity index is 2.43. The Bertz CT molecular complexity index is 586. The van der Waals surface area contributed by atoms with Crippen LogP contribution >= 0.6 is 49.9 Å². The van der Waals surface area contributed by atoms with E-state index in [0.717, 1.165) is 55.4 Å². The number of halogens is 2. The Hall–Kier alpha value is -0.210. The molecule has 0 atom stereocenters. The Morgan fingerprint density at radius 2 is 2.05 bits per heavy atom. The van der Waals surface area contributed by atoms with Gasteiger partial charge < -0.3 is 5.32 Å². The van der Waals surface area contributed by atoms with Gasteiger partial charge in [-0.1, -0.05) is 20.3 Å². The third-order valence-electron chi connectivity index (χ3n) is 2.74. The molecular weight excluding hydrogens is 449 g/mol. The van der Waals surface area contributed by atoms with Gasteiger partial charge in [-0.15, -0.1) is 11.3 Å². The lowest BCUT2D eigenvalue weighted by Gasteiger charge is -2.11. The normalized spacial score (nSPS) is 10.8. The molecule has 108 valence electrons. The van der Waals surface area contributed by atoms with Crippen LogP contribution in [0.15, 0.2) is 15.9 Å². The molecule has 1 N–H and O–H groups in total. The first kappa shape index (κ1) is 16.2. The SMILES string of the molecule is CCCNc1nc(-c2ccc(Br)s2)nc(CCC)c1I. The maximum absolute atomic E-state index is 4.75. The van der Waals surface area contributed by atoms with Gasteiger partial charge in [0, 0.05) is 6.54 Å². The fraction of sp³-hybridized carbons (Fsp3) is 0.429. The van der Waals surface area contributed by atoms with Gasteiger partial charge in [0.15, 0.2) is 5.82 Å². The van der Waals surface area contributed by atoms with Crippen LogP contribution in [0.4, 0.5) is 5.82 Å². The fourth-order valence-electron chi connectivity index (χ4n) is 1.80. The van der Waals surface area contributed by atoms with Crippen molar-refractivity contribution in [1.29, 1.82) is 0 Å². The quantitative estimate of drug-likeness (QED) is 0.584.